The van der Waals surface area contributed by atoms with E-state index in [1.54, 1.807) is 0 Å². The molecular formula is C13H28N6O8. The van der Waals surface area contributed by atoms with Crippen LogP contribution in [0.25, 0.3) is 0 Å². The molecule has 0 fully saturated rings. The average molecular weight is 396 g/mol. The zero-order valence-electron chi connectivity index (χ0n) is 14.4. The van der Waals surface area contributed by atoms with Crippen molar-refractivity contribution in [2.45, 2.75) is 49.0 Å². The predicted molar refractivity (Wildman–Crippen MR) is 90.4 cm³/mol. The summed E-state index contributed by atoms with van der Waals surface area (Å²) in [4.78, 5) is 33.8. The number of hydrogen-bond acceptors (Lipinski definition) is 10. The van der Waals surface area contributed by atoms with E-state index in [-0.39, 0.29) is 0 Å². The van der Waals surface area contributed by atoms with Crippen LogP contribution in [0.5, 0.6) is 0 Å². The molecule has 0 aromatic rings. The van der Waals surface area contributed by atoms with Gasteiger partial charge in [-0.25, -0.2) is 4.79 Å². The van der Waals surface area contributed by atoms with Crippen molar-refractivity contribution >= 4 is 17.8 Å². The Labute approximate surface area is 154 Å². The second-order valence-electron chi connectivity index (χ2n) is 5.94. The number of nitrogens with two attached hydrogens (primary N) is 4. The summed E-state index contributed by atoms with van der Waals surface area (Å²) >= 11 is 0. The predicted octanol–water partition coefficient (Wildman–Crippen LogP) is -6.89. The Bertz CT molecular complexity index is 509. The Morgan fingerprint density at radius 2 is 1.52 bits per heavy atom. The lowest BCUT2D eigenvalue weighted by atomic mass is 9.94. The molecular weight excluding hydrogens is 368 g/mol. The summed E-state index contributed by atoms with van der Waals surface area (Å²) in [6.45, 7) is -1.02. The van der Waals surface area contributed by atoms with Crippen molar-refractivity contribution in [1.82, 2.24) is 10.6 Å². The summed E-state index contributed by atoms with van der Waals surface area (Å²) in [5.74, 6) is -2.31. The Balaban J connectivity index is 4.82. The molecule has 15 N–H and O–H groups in total. The summed E-state index contributed by atoms with van der Waals surface area (Å²) in [5.41, 5.74) is 20.8. The lowest BCUT2D eigenvalue weighted by molar-refractivity contribution is -0.140. The van der Waals surface area contributed by atoms with Crippen molar-refractivity contribution in [1.29, 1.82) is 0 Å². The molecule has 0 radical (unpaired) electrons. The van der Waals surface area contributed by atoms with Gasteiger partial charge in [-0.1, -0.05) is 0 Å². The average Bonchev–Trinajstić information content (AvgIpc) is 2.61. The number of primary amides is 2. The molecule has 0 saturated heterocycles. The van der Waals surface area contributed by atoms with Crippen molar-refractivity contribution in [3.05, 3.63) is 0 Å². The second kappa shape index (κ2) is 11.6. The monoisotopic (exact) mass is 396 g/mol. The van der Waals surface area contributed by atoms with Crippen LogP contribution in [-0.4, -0.2) is 99.1 Å². The minimum Gasteiger partial charge on any atom is -0.395 e. The van der Waals surface area contributed by atoms with Crippen LogP contribution in [0.4, 0.5) is 4.79 Å². The molecule has 0 aromatic carbocycles. The standard InChI is InChI=1S/C13H28N6O8/c14-4(3-20)6(21)1-7(22)8(15)9(23)10(24)12(26)19-5(11(16)25)2-18-13(17)27/h4-10,20-24H,1-3,14-15H2,(H2,16,25)(H,19,26)(H3,17,18,27)/t4-,5+,6+,7+,8+,9+,10-/m1/s1. The Hall–Kier alpha value is -2.07. The maximum atomic E-state index is 11.9. The van der Waals surface area contributed by atoms with E-state index in [1.807, 2.05) is 10.6 Å². The van der Waals surface area contributed by atoms with E-state index in [2.05, 4.69) is 0 Å². The maximum Gasteiger partial charge on any atom is 0.312 e. The van der Waals surface area contributed by atoms with Gasteiger partial charge in [0.2, 0.25) is 5.91 Å². The summed E-state index contributed by atoms with van der Waals surface area (Å²) in [6.07, 6.45) is -7.54. The van der Waals surface area contributed by atoms with Crippen molar-refractivity contribution < 1.29 is 39.9 Å². The van der Waals surface area contributed by atoms with Crippen molar-refractivity contribution in [3.8, 4) is 0 Å². The minimum atomic E-state index is -2.17. The molecule has 14 heteroatoms. The van der Waals surface area contributed by atoms with Gasteiger partial charge in [-0.15, -0.1) is 0 Å². The summed E-state index contributed by atoms with van der Waals surface area (Å²) in [5, 5.41) is 52.2. The van der Waals surface area contributed by atoms with E-state index in [0.29, 0.717) is 0 Å². The van der Waals surface area contributed by atoms with Gasteiger partial charge in [-0.05, 0) is 0 Å². The molecule has 4 amide bonds. The molecule has 0 aliphatic carbocycles. The molecule has 0 bridgehead atoms. The quantitative estimate of drug-likeness (QED) is 0.148. The molecule has 0 heterocycles. The van der Waals surface area contributed by atoms with E-state index < -0.39 is 80.0 Å². The van der Waals surface area contributed by atoms with Crippen LogP contribution in [0.3, 0.4) is 0 Å². The van der Waals surface area contributed by atoms with Gasteiger partial charge in [0, 0.05) is 13.0 Å². The number of aliphatic hydroxyl groups is 5. The van der Waals surface area contributed by atoms with Gasteiger partial charge in [0.25, 0.3) is 5.91 Å². The molecule has 0 saturated carbocycles. The molecule has 0 aromatic heterocycles. The topological polar surface area (TPSA) is 280 Å². The van der Waals surface area contributed by atoms with Crippen molar-refractivity contribution in [2.24, 2.45) is 22.9 Å². The zero-order chi connectivity index (χ0) is 21.3. The van der Waals surface area contributed by atoms with Crippen molar-refractivity contribution in [3.63, 3.8) is 0 Å². The third kappa shape index (κ3) is 8.44. The highest BCUT2D eigenvalue weighted by molar-refractivity contribution is 5.89. The number of nitrogens with one attached hydrogen (secondary N) is 2. The van der Waals surface area contributed by atoms with Gasteiger partial charge < -0.3 is 59.1 Å². The summed E-state index contributed by atoms with van der Waals surface area (Å²) < 4.78 is 0. The molecule has 0 rings (SSSR count). The maximum absolute atomic E-state index is 11.9. The lowest BCUT2D eigenvalue weighted by Gasteiger charge is -2.29. The lowest BCUT2D eigenvalue weighted by Crippen LogP contribution is -2.59. The number of amides is 4. The third-order valence-electron chi connectivity index (χ3n) is 3.76. The first-order valence-electron chi connectivity index (χ1n) is 7.89. The van der Waals surface area contributed by atoms with E-state index in [0.717, 1.165) is 0 Å². The summed E-state index contributed by atoms with van der Waals surface area (Å²) in [7, 11) is 0. The van der Waals surface area contributed by atoms with E-state index in [9.17, 15) is 34.8 Å². The Morgan fingerprint density at radius 3 is 1.96 bits per heavy atom. The highest BCUT2D eigenvalue weighted by Gasteiger charge is 2.35. The molecule has 0 unspecified atom stereocenters. The highest BCUT2D eigenvalue weighted by Crippen LogP contribution is 2.10. The molecule has 0 aliphatic heterocycles. The molecule has 7 atom stereocenters. The first-order chi connectivity index (χ1) is 12.4. The van der Waals surface area contributed by atoms with Crippen LogP contribution in [-0.2, 0) is 9.59 Å². The van der Waals surface area contributed by atoms with Crippen LogP contribution in [0.1, 0.15) is 6.42 Å². The van der Waals surface area contributed by atoms with Gasteiger partial charge >= 0.3 is 6.03 Å². The van der Waals surface area contributed by atoms with E-state index in [1.165, 1.54) is 0 Å². The number of urea groups is 1. The van der Waals surface area contributed by atoms with Crippen LogP contribution in [0, 0.1) is 0 Å². The van der Waals surface area contributed by atoms with Crippen LogP contribution < -0.4 is 33.6 Å². The summed E-state index contributed by atoms with van der Waals surface area (Å²) in [6, 6.07) is -5.06. The van der Waals surface area contributed by atoms with Gasteiger partial charge in [-0.2, -0.15) is 0 Å². The number of aliphatic hydroxyl groups excluding tert-OH is 5. The van der Waals surface area contributed by atoms with Gasteiger partial charge in [-0.3, -0.25) is 9.59 Å². The first-order valence-corrected chi connectivity index (χ1v) is 7.89. The third-order valence-corrected chi connectivity index (χ3v) is 3.76. The number of carbonyl (C=O) groups is 3. The number of hydrogen-bond donors (Lipinski definition) is 11. The number of carbonyl (C=O) groups excluding carboxylic acids is 3. The molecule has 27 heavy (non-hydrogen) atoms. The fraction of sp³-hybridized carbons (Fsp3) is 0.769. The Kier molecular flexibility index (Phi) is 10.7. The van der Waals surface area contributed by atoms with Gasteiger partial charge in [0.05, 0.1) is 30.9 Å². The largest absolute Gasteiger partial charge is 0.395 e. The zero-order valence-corrected chi connectivity index (χ0v) is 14.4. The normalized spacial score (nSPS) is 19.1. The second-order valence-corrected chi connectivity index (χ2v) is 5.94. The van der Waals surface area contributed by atoms with Gasteiger partial charge in [0.1, 0.15) is 12.1 Å². The van der Waals surface area contributed by atoms with E-state index >= 15 is 0 Å². The Morgan fingerprint density at radius 1 is 0.963 bits per heavy atom. The fourth-order valence-corrected chi connectivity index (χ4v) is 1.98. The van der Waals surface area contributed by atoms with E-state index in [4.69, 9.17) is 28.0 Å². The van der Waals surface area contributed by atoms with Crippen LogP contribution in [0.15, 0.2) is 0 Å². The van der Waals surface area contributed by atoms with Crippen molar-refractivity contribution in [2.75, 3.05) is 13.2 Å². The molecule has 158 valence electrons. The highest BCUT2D eigenvalue weighted by atomic mass is 16.3. The molecule has 14 nitrogen and oxygen atoms in total. The SMILES string of the molecule is NC(=O)NC[C@H](NC(=O)[C@H](O)[C@@H](O)[C@@H](N)[C@@H](O)C[C@H](O)[C@H](N)CO)C(N)=O. The van der Waals surface area contributed by atoms with Gasteiger partial charge in [0.15, 0.2) is 6.10 Å². The molecule has 0 aliphatic rings. The molecule has 0 spiro atoms. The van der Waals surface area contributed by atoms with Crippen LogP contribution >= 0.6 is 0 Å². The smallest absolute Gasteiger partial charge is 0.312 e. The first kappa shape index (κ1) is 24.9. The van der Waals surface area contributed by atoms with Crippen LogP contribution in [0.2, 0.25) is 0 Å². The number of rotatable bonds is 12. The minimum absolute atomic E-state index is 0.444. The fourth-order valence-electron chi connectivity index (χ4n) is 1.98.